The number of rotatable bonds is 7. The van der Waals surface area contributed by atoms with Crippen molar-refractivity contribution in [1.82, 2.24) is 4.90 Å². The summed E-state index contributed by atoms with van der Waals surface area (Å²) in [4.78, 5) is 14.7. The SMILES string of the molecule is CN(C)CCOc1ccc(NC(=O)C2(CN)CCOCC2)cc1Cl. The van der Waals surface area contributed by atoms with Crippen LogP contribution in [0, 0.1) is 5.41 Å². The fourth-order valence-electron chi connectivity index (χ4n) is 2.58. The van der Waals surface area contributed by atoms with Crippen molar-refractivity contribution >= 4 is 23.2 Å². The van der Waals surface area contributed by atoms with E-state index in [1.165, 1.54) is 0 Å². The minimum atomic E-state index is -0.564. The Morgan fingerprint density at radius 1 is 1.42 bits per heavy atom. The highest BCUT2D eigenvalue weighted by Gasteiger charge is 2.38. The average molecular weight is 356 g/mol. The monoisotopic (exact) mass is 355 g/mol. The molecule has 6 nitrogen and oxygen atoms in total. The van der Waals surface area contributed by atoms with Gasteiger partial charge < -0.3 is 25.4 Å². The number of hydrogen-bond donors (Lipinski definition) is 2. The van der Waals surface area contributed by atoms with Gasteiger partial charge in [0.2, 0.25) is 5.91 Å². The molecule has 1 aromatic carbocycles. The zero-order valence-electron chi connectivity index (χ0n) is 14.3. The lowest BCUT2D eigenvalue weighted by atomic mass is 9.79. The number of likely N-dealkylation sites (N-methyl/N-ethyl adjacent to an activating group) is 1. The molecule has 0 saturated carbocycles. The lowest BCUT2D eigenvalue weighted by Gasteiger charge is -2.34. The maximum Gasteiger partial charge on any atom is 0.232 e. The molecular formula is C17H26ClN3O3. The van der Waals surface area contributed by atoms with Crippen LogP contribution >= 0.6 is 11.6 Å². The quantitative estimate of drug-likeness (QED) is 0.782. The van der Waals surface area contributed by atoms with Gasteiger partial charge in [-0.15, -0.1) is 0 Å². The molecule has 1 heterocycles. The topological polar surface area (TPSA) is 76.8 Å². The Morgan fingerprint density at radius 3 is 2.71 bits per heavy atom. The summed E-state index contributed by atoms with van der Waals surface area (Å²) < 4.78 is 11.0. The van der Waals surface area contributed by atoms with Crippen LogP contribution in [-0.4, -0.2) is 57.8 Å². The number of amides is 1. The Balaban J connectivity index is 1.99. The Kier molecular flexibility index (Phi) is 6.86. The van der Waals surface area contributed by atoms with E-state index in [0.717, 1.165) is 6.54 Å². The highest BCUT2D eigenvalue weighted by atomic mass is 35.5. The van der Waals surface area contributed by atoms with E-state index in [1.807, 2.05) is 19.0 Å². The number of nitrogens with two attached hydrogens (primary N) is 1. The van der Waals surface area contributed by atoms with Crippen LogP contribution in [0.25, 0.3) is 0 Å². The number of hydrogen-bond acceptors (Lipinski definition) is 5. The van der Waals surface area contributed by atoms with Crippen LogP contribution in [0.5, 0.6) is 5.75 Å². The summed E-state index contributed by atoms with van der Waals surface area (Å²) in [6.45, 7) is 2.78. The predicted molar refractivity (Wildman–Crippen MR) is 95.7 cm³/mol. The lowest BCUT2D eigenvalue weighted by molar-refractivity contribution is -0.130. The van der Waals surface area contributed by atoms with Crippen LogP contribution in [0.15, 0.2) is 18.2 Å². The zero-order chi connectivity index (χ0) is 17.6. The van der Waals surface area contributed by atoms with Gasteiger partial charge in [0.25, 0.3) is 0 Å². The molecule has 3 N–H and O–H groups in total. The summed E-state index contributed by atoms with van der Waals surface area (Å²) in [5.74, 6) is 0.529. The fourth-order valence-corrected chi connectivity index (χ4v) is 2.82. The van der Waals surface area contributed by atoms with Crippen LogP contribution in [0.2, 0.25) is 5.02 Å². The van der Waals surface area contributed by atoms with Crippen molar-refractivity contribution < 1.29 is 14.3 Å². The van der Waals surface area contributed by atoms with Gasteiger partial charge in [0, 0.05) is 32.0 Å². The Labute approximate surface area is 148 Å². The van der Waals surface area contributed by atoms with Gasteiger partial charge in [-0.05, 0) is 45.1 Å². The summed E-state index contributed by atoms with van der Waals surface area (Å²) in [7, 11) is 3.96. The first-order chi connectivity index (χ1) is 11.5. The van der Waals surface area contributed by atoms with E-state index >= 15 is 0 Å². The summed E-state index contributed by atoms with van der Waals surface area (Å²) in [6.07, 6.45) is 1.27. The molecule has 2 rings (SSSR count). The summed E-state index contributed by atoms with van der Waals surface area (Å²) >= 11 is 6.25. The molecule has 1 amide bonds. The molecule has 1 aromatic rings. The molecular weight excluding hydrogens is 330 g/mol. The smallest absolute Gasteiger partial charge is 0.232 e. The molecule has 24 heavy (non-hydrogen) atoms. The second kappa shape index (κ2) is 8.67. The largest absolute Gasteiger partial charge is 0.491 e. The summed E-state index contributed by atoms with van der Waals surface area (Å²) in [5.41, 5.74) is 5.94. The van der Waals surface area contributed by atoms with Crippen molar-refractivity contribution in [2.45, 2.75) is 12.8 Å². The van der Waals surface area contributed by atoms with Crippen molar-refractivity contribution in [3.8, 4) is 5.75 Å². The van der Waals surface area contributed by atoms with Crippen LogP contribution in [0.4, 0.5) is 5.69 Å². The van der Waals surface area contributed by atoms with Crippen molar-refractivity contribution in [1.29, 1.82) is 0 Å². The molecule has 134 valence electrons. The van der Waals surface area contributed by atoms with Crippen LogP contribution in [0.3, 0.4) is 0 Å². The van der Waals surface area contributed by atoms with Gasteiger partial charge in [0.1, 0.15) is 12.4 Å². The molecule has 0 aliphatic carbocycles. The van der Waals surface area contributed by atoms with E-state index in [2.05, 4.69) is 5.32 Å². The molecule has 7 heteroatoms. The molecule has 0 unspecified atom stereocenters. The normalized spacial score (nSPS) is 16.9. The Morgan fingerprint density at radius 2 is 2.12 bits per heavy atom. The van der Waals surface area contributed by atoms with Crippen LogP contribution < -0.4 is 15.8 Å². The fraction of sp³-hybridized carbons (Fsp3) is 0.588. The van der Waals surface area contributed by atoms with Gasteiger partial charge >= 0.3 is 0 Å². The first-order valence-electron chi connectivity index (χ1n) is 8.13. The minimum absolute atomic E-state index is 0.0781. The number of ether oxygens (including phenoxy) is 2. The third-order valence-electron chi connectivity index (χ3n) is 4.31. The van der Waals surface area contributed by atoms with Gasteiger partial charge in [-0.25, -0.2) is 0 Å². The molecule has 1 aliphatic rings. The Hall–Kier alpha value is -1.34. The molecule has 0 radical (unpaired) electrons. The van der Waals surface area contributed by atoms with Gasteiger partial charge in [-0.3, -0.25) is 4.79 Å². The van der Waals surface area contributed by atoms with Gasteiger partial charge in [-0.1, -0.05) is 11.6 Å². The lowest BCUT2D eigenvalue weighted by Crippen LogP contribution is -2.46. The first-order valence-corrected chi connectivity index (χ1v) is 8.51. The van der Waals surface area contributed by atoms with Crippen LogP contribution in [0.1, 0.15) is 12.8 Å². The van der Waals surface area contributed by atoms with Gasteiger partial charge in [0.15, 0.2) is 0 Å². The number of benzene rings is 1. The van der Waals surface area contributed by atoms with Gasteiger partial charge in [-0.2, -0.15) is 0 Å². The molecule has 1 saturated heterocycles. The van der Waals surface area contributed by atoms with Crippen molar-refractivity contribution in [3.63, 3.8) is 0 Å². The molecule has 0 spiro atoms. The highest BCUT2D eigenvalue weighted by Crippen LogP contribution is 2.32. The van der Waals surface area contributed by atoms with E-state index < -0.39 is 5.41 Å². The van der Waals surface area contributed by atoms with Crippen molar-refractivity contribution in [3.05, 3.63) is 23.2 Å². The molecule has 0 aromatic heterocycles. The maximum atomic E-state index is 12.6. The third kappa shape index (κ3) is 4.83. The predicted octanol–water partition coefficient (Wildman–Crippen LogP) is 1.97. The standard InChI is InChI=1S/C17H26ClN3O3/c1-21(2)7-10-24-15-4-3-13(11-14(15)18)20-16(22)17(12-19)5-8-23-9-6-17/h3-4,11H,5-10,12,19H2,1-2H3,(H,20,22). The summed E-state index contributed by atoms with van der Waals surface area (Å²) in [6, 6.07) is 5.26. The molecule has 1 fully saturated rings. The molecule has 0 atom stereocenters. The number of nitrogens with one attached hydrogen (secondary N) is 1. The van der Waals surface area contributed by atoms with Crippen molar-refractivity contribution in [2.24, 2.45) is 11.1 Å². The number of anilines is 1. The highest BCUT2D eigenvalue weighted by molar-refractivity contribution is 6.32. The second-order valence-corrected chi connectivity index (χ2v) is 6.76. The minimum Gasteiger partial charge on any atom is -0.491 e. The van der Waals surface area contributed by atoms with E-state index in [0.29, 0.717) is 55.7 Å². The summed E-state index contributed by atoms with van der Waals surface area (Å²) in [5, 5.41) is 3.40. The van der Waals surface area contributed by atoms with E-state index in [1.54, 1.807) is 18.2 Å². The number of halogens is 1. The number of carbonyl (C=O) groups is 1. The zero-order valence-corrected chi connectivity index (χ0v) is 15.1. The number of carbonyl (C=O) groups excluding carboxylic acids is 1. The molecule has 1 aliphatic heterocycles. The first kappa shape index (κ1) is 19.0. The number of nitrogens with zero attached hydrogens (tertiary/aromatic N) is 1. The maximum absolute atomic E-state index is 12.6. The molecule has 0 bridgehead atoms. The Bertz CT molecular complexity index is 560. The second-order valence-electron chi connectivity index (χ2n) is 6.35. The third-order valence-corrected chi connectivity index (χ3v) is 4.60. The van der Waals surface area contributed by atoms with Gasteiger partial charge in [0.05, 0.1) is 10.4 Å². The van der Waals surface area contributed by atoms with E-state index in [9.17, 15) is 4.79 Å². The van der Waals surface area contributed by atoms with Crippen molar-refractivity contribution in [2.75, 3.05) is 52.3 Å². The average Bonchev–Trinajstić information content (AvgIpc) is 2.57. The van der Waals surface area contributed by atoms with E-state index in [-0.39, 0.29) is 5.91 Å². The van der Waals surface area contributed by atoms with Crippen LogP contribution in [-0.2, 0) is 9.53 Å². The van der Waals surface area contributed by atoms with E-state index in [4.69, 9.17) is 26.8 Å².